The highest BCUT2D eigenvalue weighted by Gasteiger charge is 2.39. The van der Waals surface area contributed by atoms with Gasteiger partial charge in [0, 0.05) is 47.9 Å². The van der Waals surface area contributed by atoms with Gasteiger partial charge in [-0.05, 0) is 55.1 Å². The molecule has 2 atom stereocenters. The molecule has 2 fully saturated rings. The van der Waals surface area contributed by atoms with Gasteiger partial charge in [0.15, 0.2) is 5.82 Å². The number of anilines is 1. The number of aromatic nitrogens is 3. The zero-order chi connectivity index (χ0) is 23.1. The van der Waals surface area contributed by atoms with Crippen LogP contribution in [0.15, 0.2) is 60.8 Å². The molecular formula is C28H30N6. The summed E-state index contributed by atoms with van der Waals surface area (Å²) in [6.07, 6.45) is 4.90. The maximum absolute atomic E-state index is 5.70. The lowest BCUT2D eigenvalue weighted by molar-refractivity contribution is 0.577. The number of hydrogen-bond acceptors (Lipinski definition) is 6. The molecule has 0 amide bonds. The summed E-state index contributed by atoms with van der Waals surface area (Å²) in [5.41, 5.74) is 12.3. The highest BCUT2D eigenvalue weighted by molar-refractivity contribution is 5.94. The van der Waals surface area contributed by atoms with E-state index in [2.05, 4.69) is 70.7 Å². The molecule has 3 N–H and O–H groups in total. The summed E-state index contributed by atoms with van der Waals surface area (Å²) in [7, 11) is 0. The number of rotatable bonds is 6. The van der Waals surface area contributed by atoms with Crippen LogP contribution < -0.4 is 16.0 Å². The van der Waals surface area contributed by atoms with Gasteiger partial charge in [-0.1, -0.05) is 43.3 Å². The van der Waals surface area contributed by atoms with E-state index < -0.39 is 0 Å². The Morgan fingerprint density at radius 3 is 2.68 bits per heavy atom. The van der Waals surface area contributed by atoms with Crippen LogP contribution in [0.5, 0.6) is 0 Å². The van der Waals surface area contributed by atoms with E-state index in [0.717, 1.165) is 59.9 Å². The number of nitrogens with two attached hydrogens (primary N) is 1. The van der Waals surface area contributed by atoms with E-state index in [1.165, 1.54) is 22.9 Å². The monoisotopic (exact) mass is 450 g/mol. The van der Waals surface area contributed by atoms with Gasteiger partial charge >= 0.3 is 0 Å². The van der Waals surface area contributed by atoms with E-state index in [9.17, 15) is 0 Å². The van der Waals surface area contributed by atoms with Crippen molar-refractivity contribution >= 4 is 16.7 Å². The molecular weight excluding hydrogens is 420 g/mol. The minimum atomic E-state index is 0.501. The molecule has 34 heavy (non-hydrogen) atoms. The van der Waals surface area contributed by atoms with Crippen molar-refractivity contribution in [2.45, 2.75) is 38.3 Å². The molecule has 6 heteroatoms. The molecule has 4 heterocycles. The minimum Gasteiger partial charge on any atom is -0.350 e. The van der Waals surface area contributed by atoms with E-state index >= 15 is 0 Å². The molecule has 2 aromatic carbocycles. The quantitative estimate of drug-likeness (QED) is 0.463. The number of hydrogen-bond donors (Lipinski definition) is 2. The van der Waals surface area contributed by atoms with Gasteiger partial charge in [-0.15, -0.1) is 0 Å². The number of nitrogens with zero attached hydrogens (tertiary/aromatic N) is 4. The van der Waals surface area contributed by atoms with E-state index in [-0.39, 0.29) is 0 Å². The van der Waals surface area contributed by atoms with Crippen LogP contribution >= 0.6 is 0 Å². The van der Waals surface area contributed by atoms with Crippen LogP contribution in [0.1, 0.15) is 24.5 Å². The zero-order valence-corrected chi connectivity index (χ0v) is 19.5. The Bertz CT molecular complexity index is 1330. The van der Waals surface area contributed by atoms with Crippen molar-refractivity contribution in [1.29, 1.82) is 0 Å². The Kier molecular flexibility index (Phi) is 5.47. The lowest BCUT2D eigenvalue weighted by Crippen LogP contribution is -2.44. The molecule has 2 bridgehead atoms. The normalized spacial score (nSPS) is 19.3. The van der Waals surface area contributed by atoms with Crippen LogP contribution in [0.25, 0.3) is 33.5 Å². The van der Waals surface area contributed by atoms with Crippen molar-refractivity contribution in [3.63, 3.8) is 0 Å². The number of fused-ring (bicyclic) bond motifs is 3. The van der Waals surface area contributed by atoms with Crippen LogP contribution in [-0.4, -0.2) is 46.7 Å². The number of benzene rings is 2. The summed E-state index contributed by atoms with van der Waals surface area (Å²) in [6.45, 7) is 4.89. The van der Waals surface area contributed by atoms with E-state index in [4.69, 9.17) is 15.7 Å². The Labute approximate surface area is 200 Å². The third-order valence-corrected chi connectivity index (χ3v) is 7.20. The average Bonchev–Trinajstić information content (AvgIpc) is 3.52. The third-order valence-electron chi connectivity index (χ3n) is 7.20. The summed E-state index contributed by atoms with van der Waals surface area (Å²) < 4.78 is 0. The number of piperazine rings is 1. The molecule has 6 rings (SSSR count). The van der Waals surface area contributed by atoms with Gasteiger partial charge in [0.1, 0.15) is 5.82 Å². The van der Waals surface area contributed by atoms with Crippen LogP contribution in [-0.2, 0) is 12.8 Å². The highest BCUT2D eigenvalue weighted by atomic mass is 15.3. The van der Waals surface area contributed by atoms with Crippen LogP contribution in [0.4, 0.5) is 5.82 Å². The molecule has 0 spiro atoms. The fourth-order valence-electron chi connectivity index (χ4n) is 5.42. The fourth-order valence-corrected chi connectivity index (χ4v) is 5.42. The molecule has 2 aromatic heterocycles. The first-order valence-electron chi connectivity index (χ1n) is 12.3. The minimum absolute atomic E-state index is 0.501. The van der Waals surface area contributed by atoms with Crippen molar-refractivity contribution in [2.75, 3.05) is 24.5 Å². The maximum Gasteiger partial charge on any atom is 0.162 e. The van der Waals surface area contributed by atoms with Crippen molar-refractivity contribution in [3.8, 4) is 22.6 Å². The molecule has 4 aromatic rings. The smallest absolute Gasteiger partial charge is 0.162 e. The first-order valence-corrected chi connectivity index (χ1v) is 12.3. The zero-order valence-electron chi connectivity index (χ0n) is 19.5. The van der Waals surface area contributed by atoms with Gasteiger partial charge in [-0.25, -0.2) is 9.97 Å². The van der Waals surface area contributed by atoms with Gasteiger partial charge < -0.3 is 16.0 Å². The topological polar surface area (TPSA) is 80.0 Å². The number of nitrogens with one attached hydrogen (secondary N) is 1. The van der Waals surface area contributed by atoms with Crippen LogP contribution in [0.2, 0.25) is 0 Å². The maximum atomic E-state index is 5.70. The predicted molar refractivity (Wildman–Crippen MR) is 138 cm³/mol. The second-order valence-electron chi connectivity index (χ2n) is 9.35. The summed E-state index contributed by atoms with van der Waals surface area (Å²) in [5, 5.41) is 4.82. The Balaban J connectivity index is 1.45. The average molecular weight is 451 g/mol. The van der Waals surface area contributed by atoms with Gasteiger partial charge in [-0.3, -0.25) is 4.98 Å². The standard InChI is InChI=1S/C28H30N6/c1-2-19-4-3-5-24-26(19)28(34-17-22-15-23(34)16-31-22)33-27(32-24)21-11-13-30-25(14-21)20-8-6-18(7-9-20)10-12-29/h3-9,11,13-14,22-23,31H,2,10,12,15-17,29H2,1H3/t22-,23-/m0/s1. The van der Waals surface area contributed by atoms with Crippen molar-refractivity contribution in [3.05, 3.63) is 71.9 Å². The molecule has 0 aliphatic carbocycles. The lowest BCUT2D eigenvalue weighted by Gasteiger charge is -2.30. The Hall–Kier alpha value is -3.35. The van der Waals surface area contributed by atoms with E-state index in [1.807, 2.05) is 12.3 Å². The van der Waals surface area contributed by atoms with Crippen molar-refractivity contribution in [2.24, 2.45) is 5.73 Å². The van der Waals surface area contributed by atoms with Crippen LogP contribution in [0, 0.1) is 0 Å². The third kappa shape index (κ3) is 3.73. The fraction of sp³-hybridized carbons (Fsp3) is 0.321. The van der Waals surface area contributed by atoms with Crippen molar-refractivity contribution in [1.82, 2.24) is 20.3 Å². The molecule has 0 saturated carbocycles. The highest BCUT2D eigenvalue weighted by Crippen LogP contribution is 2.36. The predicted octanol–water partition coefficient (Wildman–Crippen LogP) is 3.97. The molecule has 0 radical (unpaired) electrons. The number of aryl methyl sites for hydroxylation is 1. The Morgan fingerprint density at radius 2 is 1.94 bits per heavy atom. The SMILES string of the molecule is CCc1cccc2nc(-c3ccnc(-c4ccc(CCN)cc4)c3)nc(N3C[C@@H]4C[C@H]3CN4)c12. The largest absolute Gasteiger partial charge is 0.350 e. The molecule has 6 nitrogen and oxygen atoms in total. The Morgan fingerprint density at radius 1 is 1.06 bits per heavy atom. The van der Waals surface area contributed by atoms with Crippen molar-refractivity contribution < 1.29 is 0 Å². The second-order valence-corrected chi connectivity index (χ2v) is 9.35. The molecule has 2 aliphatic heterocycles. The molecule has 2 aliphatic rings. The first-order chi connectivity index (χ1) is 16.7. The summed E-state index contributed by atoms with van der Waals surface area (Å²) in [5.74, 6) is 1.84. The molecule has 0 unspecified atom stereocenters. The lowest BCUT2D eigenvalue weighted by atomic mass is 10.0. The van der Waals surface area contributed by atoms with Gasteiger partial charge in [-0.2, -0.15) is 0 Å². The van der Waals surface area contributed by atoms with Gasteiger partial charge in [0.05, 0.1) is 11.2 Å². The van der Waals surface area contributed by atoms with E-state index in [0.29, 0.717) is 18.6 Å². The molecule has 2 saturated heterocycles. The summed E-state index contributed by atoms with van der Waals surface area (Å²) >= 11 is 0. The first kappa shape index (κ1) is 21.2. The molecule has 172 valence electrons. The number of pyridine rings is 1. The summed E-state index contributed by atoms with van der Waals surface area (Å²) in [6, 6.07) is 20.1. The van der Waals surface area contributed by atoms with Gasteiger partial charge in [0.2, 0.25) is 0 Å². The van der Waals surface area contributed by atoms with Gasteiger partial charge in [0.25, 0.3) is 0 Å². The van der Waals surface area contributed by atoms with E-state index in [1.54, 1.807) is 0 Å². The van der Waals surface area contributed by atoms with Crippen LogP contribution in [0.3, 0.4) is 0 Å². The summed E-state index contributed by atoms with van der Waals surface area (Å²) in [4.78, 5) is 17.4. The second kappa shape index (κ2) is 8.78.